The Balaban J connectivity index is 1.93. The van der Waals surface area contributed by atoms with Crippen LogP contribution in [0.15, 0.2) is 28.7 Å². The molecule has 1 aromatic rings. The van der Waals surface area contributed by atoms with Crippen molar-refractivity contribution < 1.29 is 0 Å². The second-order valence-corrected chi connectivity index (χ2v) is 6.12. The van der Waals surface area contributed by atoms with Crippen molar-refractivity contribution in [1.29, 1.82) is 0 Å². The van der Waals surface area contributed by atoms with Gasteiger partial charge in [-0.1, -0.05) is 35.0 Å². The average Bonchev–Trinajstić information content (AvgIpc) is 2.27. The second-order valence-electron chi connectivity index (χ2n) is 4.64. The first-order valence-electron chi connectivity index (χ1n) is 5.76. The van der Waals surface area contributed by atoms with Crippen LogP contribution in [0.4, 0.5) is 0 Å². The molecule has 0 aliphatic carbocycles. The fraction of sp³-hybridized carbons (Fsp3) is 0.538. The van der Waals surface area contributed by atoms with E-state index in [2.05, 4.69) is 52.0 Å². The zero-order valence-electron chi connectivity index (χ0n) is 9.50. The van der Waals surface area contributed by atoms with E-state index in [1.165, 1.54) is 18.5 Å². The molecule has 2 rings (SSSR count). The molecule has 0 saturated carbocycles. The molecule has 1 saturated heterocycles. The van der Waals surface area contributed by atoms with E-state index in [0.717, 1.165) is 17.6 Å². The van der Waals surface area contributed by atoms with Gasteiger partial charge in [0.2, 0.25) is 0 Å². The fourth-order valence-electron chi connectivity index (χ4n) is 2.08. The normalized spacial score (nSPS) is 26.9. The molecule has 0 spiro atoms. The number of hydrogen-bond acceptors (Lipinski definition) is 1. The third kappa shape index (κ3) is 3.22. The highest BCUT2D eigenvalue weighted by atomic mass is 79.9. The van der Waals surface area contributed by atoms with Gasteiger partial charge < -0.3 is 0 Å². The molecular formula is C13H17BrClN. The minimum atomic E-state index is 0.309. The van der Waals surface area contributed by atoms with Crippen molar-refractivity contribution in [3.63, 3.8) is 0 Å². The summed E-state index contributed by atoms with van der Waals surface area (Å²) in [5.41, 5.74) is 1.36. The van der Waals surface area contributed by atoms with Gasteiger partial charge in [-0.15, -0.1) is 11.6 Å². The monoisotopic (exact) mass is 301 g/mol. The Hall–Kier alpha value is -0.0500. The van der Waals surface area contributed by atoms with Crippen LogP contribution in [0.2, 0.25) is 0 Å². The summed E-state index contributed by atoms with van der Waals surface area (Å²) >= 11 is 9.76. The third-order valence-electron chi connectivity index (χ3n) is 3.27. The summed E-state index contributed by atoms with van der Waals surface area (Å²) in [5, 5.41) is 0.309. The largest absolute Gasteiger partial charge is 0.298 e. The van der Waals surface area contributed by atoms with E-state index in [4.69, 9.17) is 11.6 Å². The van der Waals surface area contributed by atoms with Gasteiger partial charge in [0, 0.05) is 22.9 Å². The van der Waals surface area contributed by atoms with Crippen molar-refractivity contribution in [3.8, 4) is 0 Å². The summed E-state index contributed by atoms with van der Waals surface area (Å²) in [7, 11) is 0. The minimum Gasteiger partial charge on any atom is -0.298 e. The number of likely N-dealkylation sites (tertiary alicyclic amines) is 1. The molecule has 1 fully saturated rings. The van der Waals surface area contributed by atoms with Crippen molar-refractivity contribution in [2.24, 2.45) is 5.92 Å². The maximum absolute atomic E-state index is 6.30. The lowest BCUT2D eigenvalue weighted by Gasteiger charge is -2.33. The van der Waals surface area contributed by atoms with Crippen LogP contribution in [0.1, 0.15) is 18.9 Å². The average molecular weight is 303 g/mol. The smallest absolute Gasteiger partial charge is 0.0489 e. The Morgan fingerprint density at radius 2 is 2.06 bits per heavy atom. The highest BCUT2D eigenvalue weighted by molar-refractivity contribution is 9.10. The number of hydrogen-bond donors (Lipinski definition) is 0. The van der Waals surface area contributed by atoms with Gasteiger partial charge in [0.15, 0.2) is 0 Å². The predicted octanol–water partition coefficient (Wildman–Crippen LogP) is 3.90. The molecule has 0 aromatic heterocycles. The lowest BCUT2D eigenvalue weighted by molar-refractivity contribution is 0.189. The molecule has 0 N–H and O–H groups in total. The molecule has 0 radical (unpaired) electrons. The predicted molar refractivity (Wildman–Crippen MR) is 72.8 cm³/mol. The van der Waals surface area contributed by atoms with Gasteiger partial charge in [-0.25, -0.2) is 0 Å². The summed E-state index contributed by atoms with van der Waals surface area (Å²) in [6, 6.07) is 8.54. The van der Waals surface area contributed by atoms with E-state index in [1.54, 1.807) is 0 Å². The van der Waals surface area contributed by atoms with Crippen LogP contribution in [0.25, 0.3) is 0 Å². The third-order valence-corrected chi connectivity index (χ3v) is 4.37. The van der Waals surface area contributed by atoms with Crippen LogP contribution in [0.5, 0.6) is 0 Å². The lowest BCUT2D eigenvalue weighted by atomic mass is 9.98. The number of nitrogens with zero attached hydrogens (tertiary/aromatic N) is 1. The van der Waals surface area contributed by atoms with Crippen molar-refractivity contribution >= 4 is 27.5 Å². The summed E-state index contributed by atoms with van der Waals surface area (Å²) < 4.78 is 1.14. The summed E-state index contributed by atoms with van der Waals surface area (Å²) in [5.74, 6) is 0.655. The van der Waals surface area contributed by atoms with E-state index >= 15 is 0 Å². The Labute approximate surface area is 111 Å². The molecule has 1 aliphatic rings. The first kappa shape index (κ1) is 12.4. The van der Waals surface area contributed by atoms with Gasteiger partial charge in [-0.2, -0.15) is 0 Å². The first-order chi connectivity index (χ1) is 7.65. The van der Waals surface area contributed by atoms with E-state index in [1.807, 2.05) is 0 Å². The Bertz CT molecular complexity index is 338. The Kier molecular flexibility index (Phi) is 4.28. The van der Waals surface area contributed by atoms with Gasteiger partial charge in [0.25, 0.3) is 0 Å². The van der Waals surface area contributed by atoms with Crippen LogP contribution in [-0.4, -0.2) is 23.4 Å². The molecule has 1 heterocycles. The molecule has 2 unspecified atom stereocenters. The zero-order chi connectivity index (χ0) is 11.5. The highest BCUT2D eigenvalue weighted by Gasteiger charge is 2.23. The van der Waals surface area contributed by atoms with Gasteiger partial charge in [0.1, 0.15) is 0 Å². The molecule has 0 bridgehead atoms. The van der Waals surface area contributed by atoms with Crippen LogP contribution in [0, 0.1) is 5.92 Å². The zero-order valence-corrected chi connectivity index (χ0v) is 11.8. The Morgan fingerprint density at radius 1 is 1.38 bits per heavy atom. The van der Waals surface area contributed by atoms with E-state index in [9.17, 15) is 0 Å². The standard InChI is InChI=1S/C13H17BrClN/c1-10-6-7-16(9-13(10)15)8-11-2-4-12(14)5-3-11/h2-5,10,13H,6-9H2,1H3. The molecule has 1 aliphatic heterocycles. The molecule has 3 heteroatoms. The van der Waals surface area contributed by atoms with Crippen LogP contribution in [0.3, 0.4) is 0 Å². The maximum Gasteiger partial charge on any atom is 0.0489 e. The van der Waals surface area contributed by atoms with Crippen molar-refractivity contribution in [3.05, 3.63) is 34.3 Å². The molecule has 88 valence electrons. The van der Waals surface area contributed by atoms with E-state index in [0.29, 0.717) is 11.3 Å². The topological polar surface area (TPSA) is 3.24 Å². The van der Waals surface area contributed by atoms with Gasteiger partial charge in [0.05, 0.1) is 0 Å². The SMILES string of the molecule is CC1CCN(Cc2ccc(Br)cc2)CC1Cl. The molecule has 1 aromatic carbocycles. The van der Waals surface area contributed by atoms with Crippen molar-refractivity contribution in [2.75, 3.05) is 13.1 Å². The summed E-state index contributed by atoms with van der Waals surface area (Å²) in [6.45, 7) is 5.44. The summed E-state index contributed by atoms with van der Waals surface area (Å²) in [4.78, 5) is 2.45. The number of rotatable bonds is 2. The van der Waals surface area contributed by atoms with Gasteiger partial charge >= 0.3 is 0 Å². The fourth-order valence-corrected chi connectivity index (χ4v) is 2.66. The Morgan fingerprint density at radius 3 is 2.69 bits per heavy atom. The van der Waals surface area contributed by atoms with Gasteiger partial charge in [-0.3, -0.25) is 4.90 Å². The number of alkyl halides is 1. The maximum atomic E-state index is 6.30. The van der Waals surface area contributed by atoms with Crippen LogP contribution < -0.4 is 0 Å². The van der Waals surface area contributed by atoms with Crippen molar-refractivity contribution in [2.45, 2.75) is 25.3 Å². The number of piperidine rings is 1. The molecule has 2 atom stereocenters. The quantitative estimate of drug-likeness (QED) is 0.749. The van der Waals surface area contributed by atoms with Crippen LogP contribution in [-0.2, 0) is 6.54 Å². The molecular weight excluding hydrogens is 286 g/mol. The van der Waals surface area contributed by atoms with E-state index < -0.39 is 0 Å². The second kappa shape index (κ2) is 5.52. The molecule has 0 amide bonds. The minimum absolute atomic E-state index is 0.309. The summed E-state index contributed by atoms with van der Waals surface area (Å²) in [6.07, 6.45) is 1.21. The van der Waals surface area contributed by atoms with E-state index in [-0.39, 0.29) is 0 Å². The highest BCUT2D eigenvalue weighted by Crippen LogP contribution is 2.23. The van der Waals surface area contributed by atoms with Crippen molar-refractivity contribution in [1.82, 2.24) is 4.90 Å². The first-order valence-corrected chi connectivity index (χ1v) is 6.99. The molecule has 1 nitrogen and oxygen atoms in total. The number of halogens is 2. The van der Waals surface area contributed by atoms with Gasteiger partial charge in [-0.05, 0) is 36.6 Å². The number of benzene rings is 1. The van der Waals surface area contributed by atoms with Crippen LogP contribution >= 0.6 is 27.5 Å². The lowest BCUT2D eigenvalue weighted by Crippen LogP contribution is -2.39. The molecule has 16 heavy (non-hydrogen) atoms.